The van der Waals surface area contributed by atoms with E-state index in [1.807, 2.05) is 0 Å². The normalized spacial score (nSPS) is 12.5. The second kappa shape index (κ2) is 23.0. The molecule has 2 heteroatoms. The average Bonchev–Trinajstić information content (AvgIpc) is 3.17. The van der Waals surface area contributed by atoms with Crippen molar-refractivity contribution < 1.29 is 9.47 Å². The molecule has 0 saturated heterocycles. The highest BCUT2D eigenvalue weighted by atomic mass is 16.5. The Kier molecular flexibility index (Phi) is 18.1. The van der Waals surface area contributed by atoms with Crippen LogP contribution in [0, 0.1) is 11.8 Å². The van der Waals surface area contributed by atoms with Gasteiger partial charge in [-0.25, -0.2) is 0 Å². The predicted molar refractivity (Wildman–Crippen MR) is 217 cm³/mol. The van der Waals surface area contributed by atoms with Crippen LogP contribution in [0.2, 0.25) is 0 Å². The minimum atomic E-state index is 0.605. The summed E-state index contributed by atoms with van der Waals surface area (Å²) in [7, 11) is 0. The summed E-state index contributed by atoms with van der Waals surface area (Å²) < 4.78 is 13.3. The maximum Gasteiger partial charge on any atom is 0.119 e. The first-order valence-electron chi connectivity index (χ1n) is 20.3. The van der Waals surface area contributed by atoms with Crippen molar-refractivity contribution in [2.24, 2.45) is 11.8 Å². The van der Waals surface area contributed by atoms with Crippen LogP contribution in [-0.4, -0.2) is 13.2 Å². The highest BCUT2D eigenvalue weighted by molar-refractivity contribution is 5.92. The minimum Gasteiger partial charge on any atom is -0.493 e. The van der Waals surface area contributed by atoms with Crippen LogP contribution in [0.1, 0.15) is 130 Å². The van der Waals surface area contributed by atoms with Crippen LogP contribution in [0.5, 0.6) is 11.5 Å². The monoisotopic (exact) mass is 675 g/mol. The molecule has 0 aromatic heterocycles. The maximum absolute atomic E-state index is 6.66. The molecule has 0 N–H and O–H groups in total. The molecule has 270 valence electrons. The van der Waals surface area contributed by atoms with E-state index in [9.17, 15) is 0 Å². The lowest BCUT2D eigenvalue weighted by Crippen LogP contribution is -2.13. The highest BCUT2D eigenvalue weighted by Crippen LogP contribution is 2.41. The molecule has 4 rings (SSSR count). The van der Waals surface area contributed by atoms with Gasteiger partial charge in [-0.1, -0.05) is 178 Å². The standard InChI is InChI=1S/C48H66O2/c1-5-9-13-16-25-39(23-11-7-3)37-49-43-30-22-29-42(35-43)48-36-44(50-38-40(24-12-8-4)26-17-14-10-6-2)33-34-47(48)46-32-21-20-31-45(46)41-27-18-15-19-28-41/h15,18-22,27-36,39-40H,5-14,16-17,23-26,37-38H2,1-4H3. The lowest BCUT2D eigenvalue weighted by molar-refractivity contribution is 0.225. The Hall–Kier alpha value is -3.52. The number of unbranched alkanes of at least 4 members (excludes halogenated alkanes) is 8. The molecule has 50 heavy (non-hydrogen) atoms. The van der Waals surface area contributed by atoms with Crippen molar-refractivity contribution >= 4 is 0 Å². The van der Waals surface area contributed by atoms with Gasteiger partial charge in [0.05, 0.1) is 13.2 Å². The van der Waals surface area contributed by atoms with E-state index in [-0.39, 0.29) is 0 Å². The Morgan fingerprint density at radius 3 is 1.48 bits per heavy atom. The van der Waals surface area contributed by atoms with Crippen molar-refractivity contribution in [2.75, 3.05) is 13.2 Å². The second-order valence-electron chi connectivity index (χ2n) is 14.5. The van der Waals surface area contributed by atoms with Crippen LogP contribution in [0.15, 0.2) is 97.1 Å². The molecule has 0 aliphatic carbocycles. The van der Waals surface area contributed by atoms with Crippen LogP contribution < -0.4 is 9.47 Å². The molecule has 0 spiro atoms. The molecule has 4 aromatic carbocycles. The number of hydrogen-bond donors (Lipinski definition) is 0. The van der Waals surface area contributed by atoms with E-state index in [4.69, 9.17) is 9.47 Å². The van der Waals surface area contributed by atoms with Crippen LogP contribution >= 0.6 is 0 Å². The summed E-state index contributed by atoms with van der Waals surface area (Å²) in [5.41, 5.74) is 7.27. The molecule has 0 saturated carbocycles. The lowest BCUT2D eigenvalue weighted by atomic mass is 9.89. The quantitative estimate of drug-likeness (QED) is 0.0651. The van der Waals surface area contributed by atoms with Gasteiger partial charge >= 0.3 is 0 Å². The topological polar surface area (TPSA) is 18.5 Å². The largest absolute Gasteiger partial charge is 0.493 e. The van der Waals surface area contributed by atoms with Crippen LogP contribution in [0.3, 0.4) is 0 Å². The van der Waals surface area contributed by atoms with Crippen molar-refractivity contribution in [2.45, 2.75) is 130 Å². The summed E-state index contributed by atoms with van der Waals surface area (Å²) in [6, 6.07) is 35.1. The maximum atomic E-state index is 6.66. The molecule has 0 bridgehead atoms. The zero-order chi connectivity index (χ0) is 35.2. The zero-order valence-electron chi connectivity index (χ0n) is 31.9. The van der Waals surface area contributed by atoms with Gasteiger partial charge in [0.2, 0.25) is 0 Å². The summed E-state index contributed by atoms with van der Waals surface area (Å²) in [6.45, 7) is 10.7. The smallest absolute Gasteiger partial charge is 0.119 e. The molecule has 2 unspecified atom stereocenters. The second-order valence-corrected chi connectivity index (χ2v) is 14.5. The van der Waals surface area contributed by atoms with E-state index in [0.717, 1.165) is 24.7 Å². The van der Waals surface area contributed by atoms with Crippen molar-refractivity contribution in [3.63, 3.8) is 0 Å². The third kappa shape index (κ3) is 13.0. The Morgan fingerprint density at radius 1 is 0.380 bits per heavy atom. The molecule has 0 aliphatic rings. The Morgan fingerprint density at radius 2 is 0.880 bits per heavy atom. The van der Waals surface area contributed by atoms with Crippen molar-refractivity contribution in [3.8, 4) is 44.9 Å². The first-order chi connectivity index (χ1) is 24.7. The predicted octanol–water partition coefficient (Wildman–Crippen LogP) is 15.0. The van der Waals surface area contributed by atoms with E-state index in [0.29, 0.717) is 11.8 Å². The highest BCUT2D eigenvalue weighted by Gasteiger charge is 2.17. The number of rotatable bonds is 25. The molecule has 0 radical (unpaired) electrons. The Balaban J connectivity index is 1.63. The minimum absolute atomic E-state index is 0.605. The van der Waals surface area contributed by atoms with Gasteiger partial charge in [-0.15, -0.1) is 0 Å². The third-order valence-corrected chi connectivity index (χ3v) is 10.3. The fourth-order valence-corrected chi connectivity index (χ4v) is 7.18. The first-order valence-corrected chi connectivity index (χ1v) is 20.3. The molecular weight excluding hydrogens is 609 g/mol. The van der Waals surface area contributed by atoms with Gasteiger partial charge in [0.15, 0.2) is 0 Å². The Bertz CT molecular complexity index is 1470. The van der Waals surface area contributed by atoms with Gasteiger partial charge in [-0.2, -0.15) is 0 Å². The summed E-state index contributed by atoms with van der Waals surface area (Å²) in [6.07, 6.45) is 20.5. The van der Waals surface area contributed by atoms with E-state index in [1.54, 1.807) is 0 Å². The molecule has 2 atom stereocenters. The molecule has 0 fully saturated rings. The van der Waals surface area contributed by atoms with Gasteiger partial charge in [0, 0.05) is 0 Å². The van der Waals surface area contributed by atoms with Crippen LogP contribution in [0.4, 0.5) is 0 Å². The molecule has 4 aromatic rings. The zero-order valence-corrected chi connectivity index (χ0v) is 31.9. The van der Waals surface area contributed by atoms with Crippen molar-refractivity contribution in [1.82, 2.24) is 0 Å². The van der Waals surface area contributed by atoms with Crippen molar-refractivity contribution in [3.05, 3.63) is 97.1 Å². The Labute approximate surface area is 306 Å². The molecule has 0 heterocycles. The van der Waals surface area contributed by atoms with Gasteiger partial charge in [-0.3, -0.25) is 0 Å². The fourth-order valence-electron chi connectivity index (χ4n) is 7.18. The lowest BCUT2D eigenvalue weighted by Gasteiger charge is -2.20. The average molecular weight is 675 g/mol. The van der Waals surface area contributed by atoms with Gasteiger partial charge < -0.3 is 9.47 Å². The molecule has 0 amide bonds. The van der Waals surface area contributed by atoms with E-state index in [1.165, 1.54) is 136 Å². The summed E-state index contributed by atoms with van der Waals surface area (Å²) in [5, 5.41) is 0. The molecule has 0 aliphatic heterocycles. The van der Waals surface area contributed by atoms with E-state index < -0.39 is 0 Å². The van der Waals surface area contributed by atoms with E-state index in [2.05, 4.69) is 125 Å². The third-order valence-electron chi connectivity index (χ3n) is 10.3. The van der Waals surface area contributed by atoms with Crippen LogP contribution in [0.25, 0.3) is 33.4 Å². The van der Waals surface area contributed by atoms with Crippen LogP contribution in [-0.2, 0) is 0 Å². The SMILES string of the molecule is CCCCCCC(CCCC)COc1cccc(-c2cc(OCC(CCCC)CCCCCC)ccc2-c2ccccc2-c2ccccc2)c1. The number of benzene rings is 4. The molecule has 2 nitrogen and oxygen atoms in total. The van der Waals surface area contributed by atoms with Crippen molar-refractivity contribution in [1.29, 1.82) is 0 Å². The van der Waals surface area contributed by atoms with Gasteiger partial charge in [0.1, 0.15) is 11.5 Å². The summed E-state index contributed by atoms with van der Waals surface area (Å²) in [4.78, 5) is 0. The number of ether oxygens (including phenoxy) is 2. The molecular formula is C48H66O2. The van der Waals surface area contributed by atoms with E-state index >= 15 is 0 Å². The fraction of sp³-hybridized carbons (Fsp3) is 0.500. The van der Waals surface area contributed by atoms with Gasteiger partial charge in [0.25, 0.3) is 0 Å². The first kappa shape index (κ1) is 39.3. The number of hydrogen-bond acceptors (Lipinski definition) is 2. The summed E-state index contributed by atoms with van der Waals surface area (Å²) >= 11 is 0. The van der Waals surface area contributed by atoms with Gasteiger partial charge in [-0.05, 0) is 95.2 Å². The summed E-state index contributed by atoms with van der Waals surface area (Å²) in [5.74, 6) is 3.13.